The molecular formula is C15H22N2OS. The summed E-state index contributed by atoms with van der Waals surface area (Å²) >= 11 is 1.58. The van der Waals surface area contributed by atoms with E-state index >= 15 is 0 Å². The van der Waals surface area contributed by atoms with E-state index in [1.807, 2.05) is 12.1 Å². The van der Waals surface area contributed by atoms with Crippen molar-refractivity contribution in [2.45, 2.75) is 33.6 Å². The second-order valence-electron chi connectivity index (χ2n) is 5.08. The largest absolute Gasteiger partial charge is 0.294 e. The van der Waals surface area contributed by atoms with Gasteiger partial charge in [-0.3, -0.25) is 9.69 Å². The minimum absolute atomic E-state index is 0.170. The van der Waals surface area contributed by atoms with Gasteiger partial charge in [0.15, 0.2) is 5.78 Å². The lowest BCUT2D eigenvalue weighted by atomic mass is 10.2. The smallest absolute Gasteiger partial charge is 0.186 e. The van der Waals surface area contributed by atoms with Crippen molar-refractivity contribution in [3.63, 3.8) is 0 Å². The molecule has 0 radical (unpaired) electrons. The van der Waals surface area contributed by atoms with E-state index in [4.69, 9.17) is 5.26 Å². The summed E-state index contributed by atoms with van der Waals surface area (Å²) in [5, 5.41) is 8.68. The molecule has 1 aromatic rings. The highest BCUT2D eigenvalue weighted by atomic mass is 32.1. The highest BCUT2D eigenvalue weighted by molar-refractivity contribution is 7.14. The average Bonchev–Trinajstić information content (AvgIpc) is 2.84. The van der Waals surface area contributed by atoms with Gasteiger partial charge in [-0.25, -0.2) is 0 Å². The van der Waals surface area contributed by atoms with Gasteiger partial charge in [-0.2, -0.15) is 5.26 Å². The van der Waals surface area contributed by atoms with E-state index in [-0.39, 0.29) is 5.78 Å². The van der Waals surface area contributed by atoms with Crippen LogP contribution in [0, 0.1) is 17.2 Å². The zero-order valence-corrected chi connectivity index (χ0v) is 12.8. The molecule has 0 saturated heterocycles. The van der Waals surface area contributed by atoms with Crippen LogP contribution >= 0.6 is 11.3 Å². The first-order valence-corrected chi connectivity index (χ1v) is 7.59. The fraction of sp³-hybridized carbons (Fsp3) is 0.600. The summed E-state index contributed by atoms with van der Waals surface area (Å²) < 4.78 is 0. The van der Waals surface area contributed by atoms with Crippen LogP contribution in [0.15, 0.2) is 12.1 Å². The van der Waals surface area contributed by atoms with Crippen molar-refractivity contribution in [3.05, 3.63) is 21.9 Å². The lowest BCUT2D eigenvalue weighted by Gasteiger charge is -2.22. The summed E-state index contributed by atoms with van der Waals surface area (Å²) in [6.45, 7) is 8.31. The first kappa shape index (κ1) is 15.9. The molecule has 3 nitrogen and oxygen atoms in total. The van der Waals surface area contributed by atoms with Gasteiger partial charge in [-0.05, 0) is 24.5 Å². The second-order valence-corrected chi connectivity index (χ2v) is 6.25. The Morgan fingerprint density at radius 2 is 2.21 bits per heavy atom. The monoisotopic (exact) mass is 278 g/mol. The molecule has 19 heavy (non-hydrogen) atoms. The summed E-state index contributed by atoms with van der Waals surface area (Å²) in [5.74, 6) is 0.671. The van der Waals surface area contributed by atoms with E-state index < -0.39 is 0 Å². The number of carbonyl (C=O) groups is 1. The highest BCUT2D eigenvalue weighted by Crippen LogP contribution is 2.18. The number of nitriles is 1. The molecule has 104 valence electrons. The van der Waals surface area contributed by atoms with Crippen LogP contribution in [0.2, 0.25) is 0 Å². The van der Waals surface area contributed by atoms with Crippen LogP contribution in [0.25, 0.3) is 0 Å². The van der Waals surface area contributed by atoms with Crippen LogP contribution in [-0.2, 0) is 6.42 Å². The third-order valence-corrected chi connectivity index (χ3v) is 4.09. The van der Waals surface area contributed by atoms with Crippen LogP contribution in [0.3, 0.4) is 0 Å². The number of hydrogen-bond donors (Lipinski definition) is 0. The van der Waals surface area contributed by atoms with Crippen molar-refractivity contribution in [2.75, 3.05) is 19.6 Å². The summed E-state index contributed by atoms with van der Waals surface area (Å²) in [6, 6.07) is 6.10. The Labute approximate surface area is 119 Å². The molecule has 0 N–H and O–H groups in total. The van der Waals surface area contributed by atoms with Gasteiger partial charge < -0.3 is 0 Å². The number of rotatable bonds is 8. The van der Waals surface area contributed by atoms with Gasteiger partial charge >= 0.3 is 0 Å². The fourth-order valence-corrected chi connectivity index (χ4v) is 2.84. The molecule has 0 spiro atoms. The van der Waals surface area contributed by atoms with Gasteiger partial charge in [0.1, 0.15) is 0 Å². The predicted molar refractivity (Wildman–Crippen MR) is 79.5 cm³/mol. The molecule has 0 aromatic carbocycles. The molecule has 0 amide bonds. The molecule has 0 aliphatic carbocycles. The van der Waals surface area contributed by atoms with Crippen molar-refractivity contribution >= 4 is 17.1 Å². The van der Waals surface area contributed by atoms with E-state index in [0.717, 1.165) is 17.8 Å². The van der Waals surface area contributed by atoms with Crippen LogP contribution < -0.4 is 0 Å². The molecule has 0 atom stereocenters. The van der Waals surface area contributed by atoms with Crippen molar-refractivity contribution in [1.82, 2.24) is 4.90 Å². The van der Waals surface area contributed by atoms with Gasteiger partial charge in [0.2, 0.25) is 0 Å². The molecule has 0 bridgehead atoms. The fourth-order valence-electron chi connectivity index (χ4n) is 1.96. The normalized spacial score (nSPS) is 10.9. The van der Waals surface area contributed by atoms with E-state index in [2.05, 4.69) is 31.7 Å². The van der Waals surface area contributed by atoms with E-state index in [1.54, 1.807) is 11.3 Å². The van der Waals surface area contributed by atoms with Gasteiger partial charge in [-0.1, -0.05) is 20.8 Å². The Bertz CT molecular complexity index is 445. The zero-order valence-electron chi connectivity index (χ0n) is 12.0. The van der Waals surface area contributed by atoms with Gasteiger partial charge in [0.25, 0.3) is 0 Å². The summed E-state index contributed by atoms with van der Waals surface area (Å²) in [4.78, 5) is 16.4. The van der Waals surface area contributed by atoms with Crippen LogP contribution in [0.5, 0.6) is 0 Å². The molecule has 0 unspecified atom stereocenters. The molecule has 4 heteroatoms. The maximum atomic E-state index is 12.2. The Hall–Kier alpha value is -1.18. The van der Waals surface area contributed by atoms with E-state index in [9.17, 15) is 4.79 Å². The average molecular weight is 278 g/mol. The number of thiophene rings is 1. The predicted octanol–water partition coefficient (Wildman–Crippen LogP) is 3.36. The summed E-state index contributed by atoms with van der Waals surface area (Å²) in [6.07, 6.45) is 1.45. The van der Waals surface area contributed by atoms with Gasteiger partial charge in [0, 0.05) is 24.4 Å². The van der Waals surface area contributed by atoms with Crippen molar-refractivity contribution in [1.29, 1.82) is 5.26 Å². The second kappa shape index (κ2) is 8.08. The standard InChI is InChI=1S/C15H22N2OS/c1-4-13-6-7-15(19-13)14(18)11-17(9-5-8-16)10-12(2)3/h6-7,12H,4-5,9-11H2,1-3H3. The lowest BCUT2D eigenvalue weighted by Crippen LogP contribution is -2.33. The Morgan fingerprint density at radius 3 is 2.74 bits per heavy atom. The Morgan fingerprint density at radius 1 is 1.47 bits per heavy atom. The quantitative estimate of drug-likeness (QED) is 0.685. The van der Waals surface area contributed by atoms with Crippen LogP contribution in [0.4, 0.5) is 0 Å². The molecule has 0 aliphatic rings. The molecule has 0 saturated carbocycles. The first-order valence-electron chi connectivity index (χ1n) is 6.78. The highest BCUT2D eigenvalue weighted by Gasteiger charge is 2.15. The third-order valence-electron chi connectivity index (χ3n) is 2.82. The SMILES string of the molecule is CCc1ccc(C(=O)CN(CCC#N)CC(C)C)s1. The Balaban J connectivity index is 2.61. The van der Waals surface area contributed by atoms with Crippen molar-refractivity contribution < 1.29 is 4.79 Å². The van der Waals surface area contributed by atoms with Crippen molar-refractivity contribution in [2.24, 2.45) is 5.92 Å². The third kappa shape index (κ3) is 5.54. The number of hydrogen-bond acceptors (Lipinski definition) is 4. The molecule has 1 heterocycles. The molecule has 1 aromatic heterocycles. The molecule has 0 fully saturated rings. The van der Waals surface area contributed by atoms with Gasteiger partial charge in [0.05, 0.1) is 17.5 Å². The van der Waals surface area contributed by atoms with Crippen LogP contribution in [0.1, 0.15) is 41.7 Å². The maximum absolute atomic E-state index is 12.2. The number of carbonyl (C=O) groups excluding carboxylic acids is 1. The Kier molecular flexibility index (Phi) is 6.75. The van der Waals surface area contributed by atoms with Crippen molar-refractivity contribution in [3.8, 4) is 6.07 Å². The lowest BCUT2D eigenvalue weighted by molar-refractivity contribution is 0.0928. The molecular weight excluding hydrogens is 256 g/mol. The first-order chi connectivity index (χ1) is 9.06. The zero-order chi connectivity index (χ0) is 14.3. The number of aryl methyl sites for hydroxylation is 1. The molecule has 1 rings (SSSR count). The summed E-state index contributed by atoms with van der Waals surface area (Å²) in [5.41, 5.74) is 0. The maximum Gasteiger partial charge on any atom is 0.186 e. The number of Topliss-reactive ketones (excluding diaryl/α,β-unsaturated/α-hetero) is 1. The van der Waals surface area contributed by atoms with Crippen LogP contribution in [-0.4, -0.2) is 30.3 Å². The van der Waals surface area contributed by atoms with E-state index in [1.165, 1.54) is 4.88 Å². The number of ketones is 1. The molecule has 0 aliphatic heterocycles. The van der Waals surface area contributed by atoms with E-state index in [0.29, 0.717) is 25.4 Å². The topological polar surface area (TPSA) is 44.1 Å². The van der Waals surface area contributed by atoms with Gasteiger partial charge in [-0.15, -0.1) is 11.3 Å². The minimum Gasteiger partial charge on any atom is -0.294 e. The summed E-state index contributed by atoms with van der Waals surface area (Å²) in [7, 11) is 0. The number of nitrogens with zero attached hydrogens (tertiary/aromatic N) is 2. The minimum atomic E-state index is 0.170.